The second kappa shape index (κ2) is 7.09. The van der Waals surface area contributed by atoms with Crippen LogP contribution >= 0.6 is 11.8 Å². The number of rotatable bonds is 4. The van der Waals surface area contributed by atoms with E-state index in [9.17, 15) is 14.3 Å². The molecule has 1 aromatic carbocycles. The van der Waals surface area contributed by atoms with Crippen molar-refractivity contribution in [2.75, 3.05) is 25.1 Å². The summed E-state index contributed by atoms with van der Waals surface area (Å²) in [5.74, 6) is 1.68. The van der Waals surface area contributed by atoms with E-state index < -0.39 is 6.10 Å². The second-order valence-electron chi connectivity index (χ2n) is 6.40. The number of hydrogen-bond acceptors (Lipinski definition) is 4. The summed E-state index contributed by atoms with van der Waals surface area (Å²) in [6, 6.07) is 5.87. The molecule has 0 bridgehead atoms. The first kappa shape index (κ1) is 16.6. The van der Waals surface area contributed by atoms with Crippen LogP contribution < -0.4 is 4.74 Å². The van der Waals surface area contributed by atoms with E-state index in [1.807, 2.05) is 11.2 Å². The molecule has 1 aliphatic heterocycles. The number of hydrogen-bond donors (Lipinski definition) is 1. The molecule has 3 rings (SSSR count). The van der Waals surface area contributed by atoms with Gasteiger partial charge < -0.3 is 14.7 Å². The summed E-state index contributed by atoms with van der Waals surface area (Å²) < 4.78 is 18.8. The van der Waals surface area contributed by atoms with Gasteiger partial charge in [0.1, 0.15) is 17.7 Å². The Bertz CT molecular complexity index is 553. The molecule has 4 nitrogen and oxygen atoms in total. The van der Waals surface area contributed by atoms with Gasteiger partial charge in [-0.15, -0.1) is 0 Å². The zero-order valence-corrected chi connectivity index (χ0v) is 14.0. The van der Waals surface area contributed by atoms with Crippen LogP contribution in [-0.4, -0.2) is 53.2 Å². The molecule has 0 unspecified atom stereocenters. The predicted molar refractivity (Wildman–Crippen MR) is 88.0 cm³/mol. The van der Waals surface area contributed by atoms with Gasteiger partial charge in [-0.2, -0.15) is 11.8 Å². The van der Waals surface area contributed by atoms with Crippen LogP contribution in [0.25, 0.3) is 0 Å². The van der Waals surface area contributed by atoms with Crippen molar-refractivity contribution < 1.29 is 19.0 Å². The molecule has 23 heavy (non-hydrogen) atoms. The fourth-order valence-corrected chi connectivity index (χ4v) is 4.05. The largest absolute Gasteiger partial charge is 0.488 e. The molecule has 1 aromatic rings. The average Bonchev–Trinajstić information content (AvgIpc) is 2.93. The predicted octanol–water partition coefficient (Wildman–Crippen LogP) is 2.17. The molecule has 1 aliphatic carbocycles. The molecule has 126 valence electrons. The summed E-state index contributed by atoms with van der Waals surface area (Å²) in [6.45, 7) is 1.49. The normalized spacial score (nSPS) is 30.1. The quantitative estimate of drug-likeness (QED) is 0.913. The zero-order chi connectivity index (χ0) is 16.4. The molecule has 6 heteroatoms. The average molecular weight is 339 g/mol. The van der Waals surface area contributed by atoms with Crippen LogP contribution in [0, 0.1) is 17.7 Å². The summed E-state index contributed by atoms with van der Waals surface area (Å²) in [7, 11) is 0. The summed E-state index contributed by atoms with van der Waals surface area (Å²) in [6.07, 6.45) is 2.47. The minimum Gasteiger partial charge on any atom is -0.488 e. The van der Waals surface area contributed by atoms with Crippen LogP contribution in [0.15, 0.2) is 24.3 Å². The number of aliphatic hydroxyl groups is 1. The van der Waals surface area contributed by atoms with Crippen LogP contribution in [0.2, 0.25) is 0 Å². The highest BCUT2D eigenvalue weighted by molar-refractivity contribution is 7.99. The molecule has 1 N–H and O–H groups in total. The van der Waals surface area contributed by atoms with Gasteiger partial charge in [-0.3, -0.25) is 4.79 Å². The van der Waals surface area contributed by atoms with Crippen LogP contribution in [0.1, 0.15) is 12.8 Å². The van der Waals surface area contributed by atoms with Gasteiger partial charge in [0.15, 0.2) is 0 Å². The first-order chi connectivity index (χ1) is 11.1. The number of carbonyl (C=O) groups excluding carboxylic acids is 1. The summed E-state index contributed by atoms with van der Waals surface area (Å²) in [4.78, 5) is 14.0. The van der Waals surface area contributed by atoms with Crippen LogP contribution in [-0.2, 0) is 4.79 Å². The van der Waals surface area contributed by atoms with E-state index in [-0.39, 0.29) is 17.8 Å². The number of aliphatic hydroxyl groups excluding tert-OH is 1. The third-order valence-electron chi connectivity index (χ3n) is 4.81. The lowest BCUT2D eigenvalue weighted by atomic mass is 9.78. The smallest absolute Gasteiger partial charge is 0.232 e. The molecule has 1 saturated heterocycles. The molecule has 2 fully saturated rings. The van der Waals surface area contributed by atoms with Gasteiger partial charge >= 0.3 is 0 Å². The van der Waals surface area contributed by atoms with Crippen LogP contribution in [0.3, 0.4) is 0 Å². The van der Waals surface area contributed by atoms with Crippen molar-refractivity contribution in [2.24, 2.45) is 11.8 Å². The van der Waals surface area contributed by atoms with Gasteiger partial charge in [-0.05, 0) is 55.2 Å². The topological polar surface area (TPSA) is 49.8 Å². The molecule has 0 aromatic heterocycles. The van der Waals surface area contributed by atoms with Crippen molar-refractivity contribution in [2.45, 2.75) is 25.0 Å². The molecule has 1 saturated carbocycles. The Morgan fingerprint density at radius 1 is 1.30 bits per heavy atom. The van der Waals surface area contributed by atoms with Gasteiger partial charge in [0, 0.05) is 13.1 Å². The van der Waals surface area contributed by atoms with Crippen molar-refractivity contribution in [1.29, 1.82) is 0 Å². The minimum absolute atomic E-state index is 0.178. The van der Waals surface area contributed by atoms with E-state index in [1.54, 1.807) is 12.1 Å². The van der Waals surface area contributed by atoms with Crippen LogP contribution in [0.4, 0.5) is 4.39 Å². The Balaban J connectivity index is 1.61. The third-order valence-corrected chi connectivity index (χ3v) is 5.34. The van der Waals surface area contributed by atoms with E-state index in [4.69, 9.17) is 4.74 Å². The molecular formula is C17H22FNO3S. The lowest BCUT2D eigenvalue weighted by molar-refractivity contribution is -0.127. The number of halogens is 1. The van der Waals surface area contributed by atoms with Gasteiger partial charge in [0.2, 0.25) is 5.91 Å². The van der Waals surface area contributed by atoms with E-state index in [0.717, 1.165) is 19.5 Å². The van der Waals surface area contributed by atoms with Crippen molar-refractivity contribution in [3.63, 3.8) is 0 Å². The fraction of sp³-hybridized carbons (Fsp3) is 0.588. The van der Waals surface area contributed by atoms with Crippen LogP contribution in [0.5, 0.6) is 5.75 Å². The number of nitrogens with zero attached hydrogens (tertiary/aromatic N) is 1. The van der Waals surface area contributed by atoms with Crippen molar-refractivity contribution in [3.8, 4) is 5.75 Å². The maximum atomic E-state index is 13.0. The molecule has 0 spiro atoms. The van der Waals surface area contributed by atoms with Gasteiger partial charge in [0.05, 0.1) is 11.9 Å². The molecule has 0 radical (unpaired) electrons. The molecule has 1 heterocycles. The molecular weight excluding hydrogens is 317 g/mol. The van der Waals surface area contributed by atoms with Gasteiger partial charge in [-0.1, -0.05) is 0 Å². The zero-order valence-electron chi connectivity index (χ0n) is 13.2. The maximum Gasteiger partial charge on any atom is 0.232 e. The Kier molecular flexibility index (Phi) is 5.11. The number of likely N-dealkylation sites (tertiary alicyclic amines) is 1. The van der Waals surface area contributed by atoms with Crippen molar-refractivity contribution >= 4 is 17.7 Å². The number of carbonyl (C=O) groups is 1. The lowest BCUT2D eigenvalue weighted by Gasteiger charge is -2.35. The highest BCUT2D eigenvalue weighted by Gasteiger charge is 2.43. The first-order valence-electron chi connectivity index (χ1n) is 7.94. The highest BCUT2D eigenvalue weighted by Crippen LogP contribution is 2.38. The fourth-order valence-electron chi connectivity index (χ4n) is 3.62. The van der Waals surface area contributed by atoms with Crippen molar-refractivity contribution in [3.05, 3.63) is 30.1 Å². The number of fused-ring (bicyclic) bond motifs is 1. The van der Waals surface area contributed by atoms with E-state index in [0.29, 0.717) is 29.8 Å². The van der Waals surface area contributed by atoms with Gasteiger partial charge in [0.25, 0.3) is 0 Å². The number of thioether (sulfide) groups is 1. The van der Waals surface area contributed by atoms with E-state index >= 15 is 0 Å². The Labute approximate surface area is 140 Å². The number of amides is 1. The summed E-state index contributed by atoms with van der Waals surface area (Å²) in [5.41, 5.74) is 0. The number of ether oxygens (including phenoxy) is 1. The maximum absolute atomic E-state index is 13.0. The standard InChI is InChI=1S/C17H22FNO3S/c1-23-10-17(21)19-8-11-6-15(20)16(7-12(11)9-19)22-14-4-2-13(18)3-5-14/h2-5,11-12,15-16,20H,6-10H2,1H3/t11-,12+,15+,16+/m0/s1. The third kappa shape index (κ3) is 3.80. The number of benzene rings is 1. The van der Waals surface area contributed by atoms with Gasteiger partial charge in [-0.25, -0.2) is 4.39 Å². The monoisotopic (exact) mass is 339 g/mol. The SMILES string of the molecule is CSCC(=O)N1C[C@H]2C[C@@H](Oc3ccc(F)cc3)[C@H](O)C[C@H]2C1. The van der Waals surface area contributed by atoms with E-state index in [2.05, 4.69) is 0 Å². The Hall–Kier alpha value is -1.27. The summed E-state index contributed by atoms with van der Waals surface area (Å²) in [5, 5.41) is 10.4. The molecule has 2 aliphatic rings. The Morgan fingerprint density at radius 3 is 2.61 bits per heavy atom. The second-order valence-corrected chi connectivity index (χ2v) is 7.27. The van der Waals surface area contributed by atoms with Crippen molar-refractivity contribution in [1.82, 2.24) is 4.90 Å². The lowest BCUT2D eigenvalue weighted by Crippen LogP contribution is -2.42. The molecule has 4 atom stereocenters. The first-order valence-corrected chi connectivity index (χ1v) is 9.33. The van der Waals surface area contributed by atoms with E-state index in [1.165, 1.54) is 23.9 Å². The summed E-state index contributed by atoms with van der Waals surface area (Å²) >= 11 is 1.54. The minimum atomic E-state index is -0.545. The highest BCUT2D eigenvalue weighted by atomic mass is 32.2. The molecule has 1 amide bonds. The Morgan fingerprint density at radius 2 is 1.96 bits per heavy atom.